The fourth-order valence-electron chi connectivity index (χ4n) is 1.43. The van der Waals surface area contributed by atoms with Crippen molar-refractivity contribution in [2.24, 2.45) is 0 Å². The lowest BCUT2D eigenvalue weighted by Gasteiger charge is -2.07. The maximum Gasteiger partial charge on any atom is 0.320 e. The van der Waals surface area contributed by atoms with Gasteiger partial charge >= 0.3 is 6.03 Å². The van der Waals surface area contributed by atoms with E-state index in [2.05, 4.69) is 20.6 Å². The molecule has 2 N–H and O–H groups in total. The Balaban J connectivity index is 1.88. The van der Waals surface area contributed by atoms with Crippen LogP contribution in [0.2, 0.25) is 0 Å². The third-order valence-corrected chi connectivity index (χ3v) is 3.16. The van der Waals surface area contributed by atoms with Gasteiger partial charge in [0.1, 0.15) is 5.82 Å². The molecule has 94 valence electrons. The van der Waals surface area contributed by atoms with E-state index >= 15 is 0 Å². The van der Waals surface area contributed by atoms with E-state index in [-0.39, 0.29) is 6.03 Å². The third kappa shape index (κ3) is 3.27. The van der Waals surface area contributed by atoms with Crippen LogP contribution in [0.1, 0.15) is 16.3 Å². The van der Waals surface area contributed by atoms with Crippen molar-refractivity contribution in [2.45, 2.75) is 20.4 Å². The summed E-state index contributed by atoms with van der Waals surface area (Å²) in [6.45, 7) is 4.25. The summed E-state index contributed by atoms with van der Waals surface area (Å²) >= 11 is 1.57. The zero-order valence-corrected chi connectivity index (χ0v) is 11.0. The van der Waals surface area contributed by atoms with Crippen LogP contribution in [0.4, 0.5) is 10.6 Å². The number of rotatable bonds is 3. The van der Waals surface area contributed by atoms with Crippen molar-refractivity contribution in [3.8, 4) is 0 Å². The van der Waals surface area contributed by atoms with Gasteiger partial charge in [0.2, 0.25) is 0 Å². The number of nitrogens with zero attached hydrogens (tertiary/aromatic N) is 2. The van der Waals surface area contributed by atoms with E-state index in [1.54, 1.807) is 17.5 Å². The smallest absolute Gasteiger partial charge is 0.320 e. The number of urea groups is 1. The summed E-state index contributed by atoms with van der Waals surface area (Å²) < 4.78 is 0. The van der Waals surface area contributed by atoms with Crippen LogP contribution in [0.25, 0.3) is 0 Å². The molecule has 6 heteroatoms. The van der Waals surface area contributed by atoms with Crippen LogP contribution in [0.15, 0.2) is 23.7 Å². The van der Waals surface area contributed by atoms with E-state index in [0.717, 1.165) is 16.3 Å². The zero-order chi connectivity index (χ0) is 13.0. The monoisotopic (exact) mass is 262 g/mol. The molecular weight excluding hydrogens is 248 g/mol. The van der Waals surface area contributed by atoms with Gasteiger partial charge in [0.25, 0.3) is 0 Å². The Bertz CT molecular complexity index is 553. The standard InChI is InChI=1S/C12H14N4OS/c1-8-4-3-5-13-11(8)16-12(17)14-6-10-7-18-9(2)15-10/h3-5,7H,6H2,1-2H3,(H2,13,14,16,17). The number of pyridine rings is 1. The van der Waals surface area contributed by atoms with Crippen LogP contribution < -0.4 is 10.6 Å². The van der Waals surface area contributed by atoms with Crippen molar-refractivity contribution in [1.29, 1.82) is 0 Å². The Labute approximate surface area is 109 Å². The van der Waals surface area contributed by atoms with Crippen molar-refractivity contribution in [3.63, 3.8) is 0 Å². The molecular formula is C12H14N4OS. The van der Waals surface area contributed by atoms with Gasteiger partial charge in [-0.05, 0) is 25.5 Å². The van der Waals surface area contributed by atoms with Gasteiger partial charge in [0, 0.05) is 11.6 Å². The molecule has 2 heterocycles. The topological polar surface area (TPSA) is 66.9 Å². The predicted molar refractivity (Wildman–Crippen MR) is 71.7 cm³/mol. The van der Waals surface area contributed by atoms with Crippen LogP contribution in [-0.2, 0) is 6.54 Å². The first-order chi connectivity index (χ1) is 8.65. The molecule has 0 bridgehead atoms. The molecule has 2 amide bonds. The Morgan fingerprint density at radius 3 is 2.94 bits per heavy atom. The molecule has 0 aliphatic heterocycles. The van der Waals surface area contributed by atoms with Crippen LogP contribution >= 0.6 is 11.3 Å². The summed E-state index contributed by atoms with van der Waals surface area (Å²) in [5, 5.41) is 8.37. The maximum atomic E-state index is 11.7. The molecule has 0 unspecified atom stereocenters. The zero-order valence-electron chi connectivity index (χ0n) is 10.2. The number of thiazole rings is 1. The largest absolute Gasteiger partial charge is 0.332 e. The molecule has 2 rings (SSSR count). The third-order valence-electron chi connectivity index (χ3n) is 2.34. The summed E-state index contributed by atoms with van der Waals surface area (Å²) in [5.74, 6) is 0.574. The van der Waals surface area contributed by atoms with Gasteiger partial charge < -0.3 is 5.32 Å². The number of hydrogen-bond donors (Lipinski definition) is 2. The summed E-state index contributed by atoms with van der Waals surface area (Å²) in [6, 6.07) is 3.45. The average molecular weight is 262 g/mol. The van der Waals surface area contributed by atoms with Gasteiger partial charge in [0.15, 0.2) is 0 Å². The van der Waals surface area contributed by atoms with Gasteiger partial charge in [-0.15, -0.1) is 11.3 Å². The van der Waals surface area contributed by atoms with Gasteiger partial charge in [0.05, 0.1) is 17.2 Å². The summed E-state index contributed by atoms with van der Waals surface area (Å²) in [7, 11) is 0. The van der Waals surface area contributed by atoms with Crippen molar-refractivity contribution in [2.75, 3.05) is 5.32 Å². The number of carbonyl (C=O) groups is 1. The molecule has 0 fully saturated rings. The second kappa shape index (κ2) is 5.59. The van der Waals surface area contributed by atoms with Crippen LogP contribution in [0.5, 0.6) is 0 Å². The van der Waals surface area contributed by atoms with E-state index in [9.17, 15) is 4.79 Å². The molecule has 5 nitrogen and oxygen atoms in total. The summed E-state index contributed by atoms with van der Waals surface area (Å²) in [4.78, 5) is 20.0. The highest BCUT2D eigenvalue weighted by molar-refractivity contribution is 7.09. The SMILES string of the molecule is Cc1nc(CNC(=O)Nc2ncccc2C)cs1. The minimum absolute atomic E-state index is 0.276. The molecule has 0 aliphatic carbocycles. The Hall–Kier alpha value is -1.95. The summed E-state index contributed by atoms with van der Waals surface area (Å²) in [5.41, 5.74) is 1.79. The first-order valence-electron chi connectivity index (χ1n) is 5.52. The molecule has 0 aliphatic rings. The number of nitrogens with one attached hydrogen (secondary N) is 2. The molecule has 2 aromatic heterocycles. The first-order valence-corrected chi connectivity index (χ1v) is 6.40. The second-order valence-corrected chi connectivity index (χ2v) is 4.90. The van der Waals surface area contributed by atoms with Gasteiger partial charge in [-0.25, -0.2) is 14.8 Å². The van der Waals surface area contributed by atoms with Crippen molar-refractivity contribution in [1.82, 2.24) is 15.3 Å². The number of anilines is 1. The Kier molecular flexibility index (Phi) is 3.88. The molecule has 0 atom stereocenters. The highest BCUT2D eigenvalue weighted by Gasteiger charge is 2.05. The van der Waals surface area contributed by atoms with E-state index in [4.69, 9.17) is 0 Å². The number of aromatic nitrogens is 2. The molecule has 0 saturated carbocycles. The average Bonchev–Trinajstić information content (AvgIpc) is 2.76. The number of aryl methyl sites for hydroxylation is 2. The molecule has 0 saturated heterocycles. The lowest BCUT2D eigenvalue weighted by molar-refractivity contribution is 0.251. The van der Waals surface area contributed by atoms with E-state index < -0.39 is 0 Å². The Morgan fingerprint density at radius 1 is 1.44 bits per heavy atom. The van der Waals surface area contributed by atoms with E-state index in [1.165, 1.54) is 0 Å². The molecule has 2 aromatic rings. The summed E-state index contributed by atoms with van der Waals surface area (Å²) in [6.07, 6.45) is 1.65. The van der Waals surface area contributed by atoms with Gasteiger partial charge in [-0.1, -0.05) is 6.07 Å². The Morgan fingerprint density at radius 2 is 2.28 bits per heavy atom. The second-order valence-electron chi connectivity index (χ2n) is 3.83. The molecule has 0 radical (unpaired) electrons. The molecule has 0 aromatic carbocycles. The van der Waals surface area contributed by atoms with Crippen molar-refractivity contribution < 1.29 is 4.79 Å². The van der Waals surface area contributed by atoms with E-state index in [0.29, 0.717) is 12.4 Å². The molecule has 0 spiro atoms. The lowest BCUT2D eigenvalue weighted by Crippen LogP contribution is -2.29. The number of amides is 2. The van der Waals surface area contributed by atoms with Crippen molar-refractivity contribution in [3.05, 3.63) is 40.0 Å². The minimum atomic E-state index is -0.276. The highest BCUT2D eigenvalue weighted by Crippen LogP contribution is 2.09. The van der Waals surface area contributed by atoms with Crippen LogP contribution in [0, 0.1) is 13.8 Å². The van der Waals surface area contributed by atoms with Crippen molar-refractivity contribution >= 4 is 23.2 Å². The quantitative estimate of drug-likeness (QED) is 0.893. The number of hydrogen-bond acceptors (Lipinski definition) is 4. The maximum absolute atomic E-state index is 11.7. The predicted octanol–water partition coefficient (Wildman–Crippen LogP) is 2.48. The minimum Gasteiger partial charge on any atom is -0.332 e. The fourth-order valence-corrected chi connectivity index (χ4v) is 2.04. The fraction of sp³-hybridized carbons (Fsp3) is 0.250. The van der Waals surface area contributed by atoms with Gasteiger partial charge in [-0.3, -0.25) is 5.32 Å². The normalized spacial score (nSPS) is 10.1. The van der Waals surface area contributed by atoms with Crippen LogP contribution in [0.3, 0.4) is 0 Å². The van der Waals surface area contributed by atoms with Gasteiger partial charge in [-0.2, -0.15) is 0 Å². The number of carbonyl (C=O) groups excluding carboxylic acids is 1. The lowest BCUT2D eigenvalue weighted by atomic mass is 10.3. The van der Waals surface area contributed by atoms with E-state index in [1.807, 2.05) is 31.4 Å². The van der Waals surface area contributed by atoms with Crippen LogP contribution in [-0.4, -0.2) is 16.0 Å². The highest BCUT2D eigenvalue weighted by atomic mass is 32.1. The first kappa shape index (κ1) is 12.5. The molecule has 18 heavy (non-hydrogen) atoms.